The lowest BCUT2D eigenvalue weighted by molar-refractivity contribution is 0.421. The lowest BCUT2D eigenvalue weighted by atomic mass is 9.91. The van der Waals surface area contributed by atoms with Crippen LogP contribution in [-0.2, 0) is 0 Å². The second kappa shape index (κ2) is 16.3. The largest absolute Gasteiger partial charge is 0.303 e. The summed E-state index contributed by atoms with van der Waals surface area (Å²) in [5.74, 6) is 0.703. The summed E-state index contributed by atoms with van der Waals surface area (Å²) in [6.45, 7) is 6.81. The third kappa shape index (κ3) is 14.8. The van der Waals surface area contributed by atoms with Crippen LogP contribution < -0.4 is 0 Å². The van der Waals surface area contributed by atoms with E-state index in [0.717, 1.165) is 0 Å². The van der Waals surface area contributed by atoms with Gasteiger partial charge in [-0.15, -0.1) is 0 Å². The summed E-state index contributed by atoms with van der Waals surface area (Å²) in [5, 5.41) is 6.65. The van der Waals surface area contributed by atoms with Gasteiger partial charge in [0.05, 0.1) is 0 Å². The highest BCUT2D eigenvalue weighted by atomic mass is 15.4. The number of hydrogen-bond acceptors (Lipinski definition) is 2. The average molecular weight is 325 g/mol. The lowest BCUT2D eigenvalue weighted by Crippen LogP contribution is -2.16. The summed E-state index contributed by atoms with van der Waals surface area (Å²) in [4.78, 5) is 0. The van der Waals surface area contributed by atoms with Crippen molar-refractivity contribution in [3.63, 3.8) is 0 Å². The Morgan fingerprint density at radius 1 is 0.696 bits per heavy atom. The molecule has 0 unspecified atom stereocenters. The molecule has 23 heavy (non-hydrogen) atoms. The van der Waals surface area contributed by atoms with Crippen LogP contribution in [0.4, 0.5) is 0 Å². The molecule has 0 bridgehead atoms. The molecule has 0 spiro atoms. The smallest absolute Gasteiger partial charge is 0.0380 e. The minimum Gasteiger partial charge on any atom is -0.303 e. The van der Waals surface area contributed by atoms with Crippen LogP contribution in [0.25, 0.3) is 0 Å². The van der Waals surface area contributed by atoms with E-state index in [4.69, 9.17) is 0 Å². The fourth-order valence-electron chi connectivity index (χ4n) is 3.30. The number of hydrogen-bond donors (Lipinski definition) is 0. The third-order valence-corrected chi connectivity index (χ3v) is 4.76. The van der Waals surface area contributed by atoms with E-state index in [9.17, 15) is 0 Å². The van der Waals surface area contributed by atoms with Gasteiger partial charge in [-0.05, 0) is 25.7 Å². The van der Waals surface area contributed by atoms with Crippen LogP contribution in [-0.4, -0.2) is 24.8 Å². The van der Waals surface area contributed by atoms with Gasteiger partial charge in [0.25, 0.3) is 0 Å². The van der Waals surface area contributed by atoms with Crippen LogP contribution >= 0.6 is 0 Å². The number of nitrogens with zero attached hydrogens (tertiary/aromatic N) is 2. The normalized spacial score (nSPS) is 12.2. The Hall–Kier alpha value is -0.530. The molecule has 0 aliphatic rings. The quantitative estimate of drug-likeness (QED) is 0.169. The van der Waals surface area contributed by atoms with Gasteiger partial charge in [0.1, 0.15) is 0 Å². The zero-order valence-electron chi connectivity index (χ0n) is 16.9. The maximum Gasteiger partial charge on any atom is 0.0380 e. The van der Waals surface area contributed by atoms with Crippen molar-refractivity contribution in [1.82, 2.24) is 5.01 Å². The summed E-state index contributed by atoms with van der Waals surface area (Å²) in [5.41, 5.74) is 1.34. The molecule has 0 atom stereocenters. The molecule has 0 radical (unpaired) electrons. The van der Waals surface area contributed by atoms with Gasteiger partial charge in [0.2, 0.25) is 0 Å². The molecule has 0 aromatic rings. The van der Waals surface area contributed by atoms with E-state index in [0.29, 0.717) is 5.92 Å². The molecule has 0 aromatic carbocycles. The first kappa shape index (κ1) is 22.5. The molecule has 0 aromatic heterocycles. The van der Waals surface area contributed by atoms with Crippen LogP contribution in [0.1, 0.15) is 111 Å². The molecule has 0 N–H and O–H groups in total. The van der Waals surface area contributed by atoms with Crippen LogP contribution in [0.15, 0.2) is 5.10 Å². The lowest BCUT2D eigenvalue weighted by Gasteiger charge is -2.18. The first-order valence-corrected chi connectivity index (χ1v) is 10.3. The number of hydrazone groups is 1. The summed E-state index contributed by atoms with van der Waals surface area (Å²) in [7, 11) is 4.08. The molecule has 2 heteroatoms. The van der Waals surface area contributed by atoms with Gasteiger partial charge >= 0.3 is 0 Å². The van der Waals surface area contributed by atoms with Crippen molar-refractivity contribution in [2.75, 3.05) is 14.1 Å². The predicted octanol–water partition coefficient (Wildman–Crippen LogP) is 7.04. The van der Waals surface area contributed by atoms with Gasteiger partial charge in [-0.25, -0.2) is 0 Å². The topological polar surface area (TPSA) is 15.6 Å². The van der Waals surface area contributed by atoms with Crippen molar-refractivity contribution in [3.05, 3.63) is 0 Å². The van der Waals surface area contributed by atoms with Crippen molar-refractivity contribution < 1.29 is 0 Å². The Balaban J connectivity index is 4.04. The van der Waals surface area contributed by atoms with E-state index in [1.165, 1.54) is 95.6 Å². The minimum atomic E-state index is 0.703. The Morgan fingerprint density at radius 2 is 1.09 bits per heavy atom. The van der Waals surface area contributed by atoms with Gasteiger partial charge in [-0.3, -0.25) is 0 Å². The highest BCUT2D eigenvalue weighted by molar-refractivity contribution is 5.84. The Kier molecular flexibility index (Phi) is 16.0. The first-order valence-electron chi connectivity index (χ1n) is 10.3. The van der Waals surface area contributed by atoms with E-state index in [1.807, 2.05) is 19.1 Å². The number of unbranched alkanes of at least 4 members (excludes halogenated alkanes) is 10. The molecule has 0 amide bonds. The Bertz CT molecular complexity index is 255. The van der Waals surface area contributed by atoms with E-state index >= 15 is 0 Å². The highest BCUT2D eigenvalue weighted by Crippen LogP contribution is 2.21. The standard InChI is InChI=1S/C21H44N2/c1-6-8-10-12-14-16-18-21(20(3)22-23(4)5)19-17-15-13-11-9-7-2/h21H,6-19H2,1-5H3/b22-20+. The maximum atomic E-state index is 4.68. The fraction of sp³-hybridized carbons (Fsp3) is 0.952. The Labute approximate surface area is 147 Å². The van der Waals surface area contributed by atoms with Crippen molar-refractivity contribution in [3.8, 4) is 0 Å². The van der Waals surface area contributed by atoms with Crippen molar-refractivity contribution in [2.45, 2.75) is 111 Å². The van der Waals surface area contributed by atoms with Crippen LogP contribution in [0.5, 0.6) is 0 Å². The molecule has 0 saturated heterocycles. The zero-order chi connectivity index (χ0) is 17.3. The van der Waals surface area contributed by atoms with Crippen LogP contribution in [0.3, 0.4) is 0 Å². The van der Waals surface area contributed by atoms with Crippen LogP contribution in [0, 0.1) is 5.92 Å². The molecule has 2 nitrogen and oxygen atoms in total. The molecule has 0 aliphatic carbocycles. The van der Waals surface area contributed by atoms with E-state index in [2.05, 4.69) is 25.9 Å². The van der Waals surface area contributed by atoms with Crippen molar-refractivity contribution in [2.24, 2.45) is 11.0 Å². The maximum absolute atomic E-state index is 4.68. The summed E-state index contributed by atoms with van der Waals surface area (Å²) in [6.07, 6.45) is 19.4. The van der Waals surface area contributed by atoms with Gasteiger partial charge in [0.15, 0.2) is 0 Å². The SMILES string of the molecule is CCCCCCCCC(CCCCCCCC)/C(C)=N/N(C)C. The molecular formula is C21H44N2. The summed E-state index contributed by atoms with van der Waals surface area (Å²) >= 11 is 0. The van der Waals surface area contributed by atoms with E-state index in [-0.39, 0.29) is 0 Å². The first-order chi connectivity index (χ1) is 11.1. The van der Waals surface area contributed by atoms with Gasteiger partial charge in [-0.1, -0.05) is 90.9 Å². The third-order valence-electron chi connectivity index (χ3n) is 4.76. The Morgan fingerprint density at radius 3 is 1.48 bits per heavy atom. The highest BCUT2D eigenvalue weighted by Gasteiger charge is 2.12. The zero-order valence-corrected chi connectivity index (χ0v) is 16.9. The van der Waals surface area contributed by atoms with Gasteiger partial charge < -0.3 is 5.01 Å². The minimum absolute atomic E-state index is 0.703. The van der Waals surface area contributed by atoms with E-state index < -0.39 is 0 Å². The summed E-state index contributed by atoms with van der Waals surface area (Å²) in [6, 6.07) is 0. The molecule has 0 saturated carbocycles. The predicted molar refractivity (Wildman–Crippen MR) is 106 cm³/mol. The van der Waals surface area contributed by atoms with Crippen molar-refractivity contribution >= 4 is 5.71 Å². The summed E-state index contributed by atoms with van der Waals surface area (Å²) < 4.78 is 0. The van der Waals surface area contributed by atoms with Crippen molar-refractivity contribution in [1.29, 1.82) is 0 Å². The molecule has 0 aliphatic heterocycles. The monoisotopic (exact) mass is 324 g/mol. The average Bonchev–Trinajstić information content (AvgIpc) is 2.51. The van der Waals surface area contributed by atoms with E-state index in [1.54, 1.807) is 0 Å². The molecule has 0 fully saturated rings. The van der Waals surface area contributed by atoms with Gasteiger partial charge in [0, 0.05) is 19.8 Å². The second-order valence-electron chi connectivity index (χ2n) is 7.40. The molecule has 0 heterocycles. The molecular weight excluding hydrogens is 280 g/mol. The number of rotatable bonds is 16. The fourth-order valence-corrected chi connectivity index (χ4v) is 3.30. The second-order valence-corrected chi connectivity index (χ2v) is 7.40. The molecule has 138 valence electrons. The van der Waals surface area contributed by atoms with Crippen LogP contribution in [0.2, 0.25) is 0 Å². The van der Waals surface area contributed by atoms with Gasteiger partial charge in [-0.2, -0.15) is 5.10 Å². The molecule has 0 rings (SSSR count).